The molecular formula is C27H30F3NO3. The van der Waals surface area contributed by atoms with Crippen LogP contribution < -0.4 is 10.1 Å². The molecule has 4 aliphatic carbocycles. The van der Waals surface area contributed by atoms with E-state index in [4.69, 9.17) is 4.74 Å². The van der Waals surface area contributed by atoms with Crippen molar-refractivity contribution in [3.8, 4) is 11.5 Å². The van der Waals surface area contributed by atoms with Gasteiger partial charge in [-0.25, -0.2) is 0 Å². The van der Waals surface area contributed by atoms with E-state index in [2.05, 4.69) is 17.4 Å². The molecule has 2 aromatic carbocycles. The molecule has 1 unspecified atom stereocenters. The first-order chi connectivity index (χ1) is 16.1. The van der Waals surface area contributed by atoms with E-state index in [1.807, 2.05) is 12.1 Å². The summed E-state index contributed by atoms with van der Waals surface area (Å²) in [5.41, 5.74) is 0.556. The molecule has 2 aromatic rings. The van der Waals surface area contributed by atoms with E-state index in [1.165, 1.54) is 44.1 Å². The minimum absolute atomic E-state index is 0.201. The number of nitrogens with one attached hydrogen (secondary N) is 1. The van der Waals surface area contributed by atoms with E-state index in [9.17, 15) is 23.1 Å². The third-order valence-electron chi connectivity index (χ3n) is 8.03. The summed E-state index contributed by atoms with van der Waals surface area (Å²) < 4.78 is 45.4. The fraction of sp³-hybridized carbons (Fsp3) is 0.519. The average Bonchev–Trinajstić information content (AvgIpc) is 2.76. The molecule has 1 atom stereocenters. The molecule has 6 rings (SSSR count). The molecule has 0 saturated heterocycles. The minimum Gasteiger partial charge on any atom is -0.508 e. The fourth-order valence-corrected chi connectivity index (χ4v) is 6.94. The summed E-state index contributed by atoms with van der Waals surface area (Å²) in [6.07, 6.45) is 2.53. The van der Waals surface area contributed by atoms with Crippen LogP contribution in [0.4, 0.5) is 13.2 Å². The quantitative estimate of drug-likeness (QED) is 0.544. The highest BCUT2D eigenvalue weighted by Crippen LogP contribution is 2.60. The minimum atomic E-state index is -4.58. The molecule has 1 amide bonds. The SMILES string of the molecule is CC(Oc1ccc(C23CC4CC(CC(C4)C2)C3)cc1)C(=O)NCc1cc(O)ccc1C(F)(F)F. The summed E-state index contributed by atoms with van der Waals surface area (Å²) in [4.78, 5) is 12.5. The van der Waals surface area contributed by atoms with E-state index < -0.39 is 23.8 Å². The topological polar surface area (TPSA) is 58.6 Å². The van der Waals surface area contributed by atoms with Crippen molar-refractivity contribution in [2.24, 2.45) is 17.8 Å². The van der Waals surface area contributed by atoms with Gasteiger partial charge in [0, 0.05) is 6.54 Å². The Balaban J connectivity index is 1.20. The van der Waals surface area contributed by atoms with Gasteiger partial charge in [-0.05, 0) is 110 Å². The maximum atomic E-state index is 13.2. The molecule has 4 aliphatic rings. The highest BCUT2D eigenvalue weighted by Gasteiger charge is 2.51. The number of halogens is 3. The molecule has 0 aliphatic heterocycles. The number of ether oxygens (including phenoxy) is 1. The molecule has 4 saturated carbocycles. The lowest BCUT2D eigenvalue weighted by Crippen LogP contribution is -2.48. The Morgan fingerprint density at radius 2 is 1.65 bits per heavy atom. The first-order valence-corrected chi connectivity index (χ1v) is 12.1. The van der Waals surface area contributed by atoms with Crippen LogP contribution in [0.1, 0.15) is 62.1 Å². The fourth-order valence-electron chi connectivity index (χ4n) is 6.94. The molecule has 7 heteroatoms. The van der Waals surface area contributed by atoms with Gasteiger partial charge in [-0.1, -0.05) is 12.1 Å². The zero-order valence-electron chi connectivity index (χ0n) is 19.2. The maximum absolute atomic E-state index is 13.2. The van der Waals surface area contributed by atoms with Gasteiger partial charge >= 0.3 is 6.18 Å². The van der Waals surface area contributed by atoms with E-state index in [1.54, 1.807) is 6.92 Å². The van der Waals surface area contributed by atoms with Crippen LogP contribution >= 0.6 is 0 Å². The third-order valence-corrected chi connectivity index (χ3v) is 8.03. The maximum Gasteiger partial charge on any atom is 0.416 e. The summed E-state index contributed by atoms with van der Waals surface area (Å²) in [6, 6.07) is 10.8. The predicted octanol–water partition coefficient (Wildman–Crippen LogP) is 5.96. The van der Waals surface area contributed by atoms with E-state index >= 15 is 0 Å². The molecule has 0 heterocycles. The predicted molar refractivity (Wildman–Crippen MR) is 121 cm³/mol. The van der Waals surface area contributed by atoms with E-state index in [-0.39, 0.29) is 23.3 Å². The van der Waals surface area contributed by atoms with Crippen molar-refractivity contribution in [3.63, 3.8) is 0 Å². The van der Waals surface area contributed by atoms with Crippen molar-refractivity contribution in [3.05, 3.63) is 59.2 Å². The van der Waals surface area contributed by atoms with Gasteiger partial charge in [0.1, 0.15) is 11.5 Å². The smallest absolute Gasteiger partial charge is 0.416 e. The van der Waals surface area contributed by atoms with Crippen molar-refractivity contribution in [2.45, 2.75) is 69.7 Å². The van der Waals surface area contributed by atoms with Crippen LogP contribution in [0, 0.1) is 17.8 Å². The van der Waals surface area contributed by atoms with Gasteiger partial charge in [0.05, 0.1) is 5.56 Å². The molecular weight excluding hydrogens is 443 g/mol. The standard InChI is InChI=1S/C27H30F3NO3/c1-16(25(33)31-15-20-11-22(32)4-7-24(20)27(28,29)30)34-23-5-2-21(3-6-23)26-12-17-8-18(13-26)10-19(9-17)14-26/h2-7,11,16-19,32H,8-10,12-15H2,1H3,(H,31,33). The van der Waals surface area contributed by atoms with E-state index in [0.29, 0.717) is 5.75 Å². The second kappa shape index (κ2) is 8.51. The first kappa shape index (κ1) is 23.1. The molecule has 0 radical (unpaired) electrons. The number of aromatic hydroxyl groups is 1. The Morgan fingerprint density at radius 1 is 1.06 bits per heavy atom. The monoisotopic (exact) mass is 473 g/mol. The Kier molecular flexibility index (Phi) is 5.77. The molecule has 0 aromatic heterocycles. The normalized spacial score (nSPS) is 28.5. The number of carbonyl (C=O) groups is 1. The van der Waals surface area contributed by atoms with Crippen LogP contribution in [0.5, 0.6) is 11.5 Å². The van der Waals surface area contributed by atoms with E-state index in [0.717, 1.165) is 36.0 Å². The first-order valence-electron chi connectivity index (χ1n) is 12.1. The second-order valence-electron chi connectivity index (χ2n) is 10.5. The van der Waals surface area contributed by atoms with Gasteiger partial charge in [0.15, 0.2) is 6.10 Å². The van der Waals surface area contributed by atoms with Gasteiger partial charge in [-0.2, -0.15) is 13.2 Å². The van der Waals surface area contributed by atoms with Crippen molar-refractivity contribution >= 4 is 5.91 Å². The Hall–Kier alpha value is -2.70. The second-order valence-corrected chi connectivity index (χ2v) is 10.5. The molecule has 182 valence electrons. The lowest BCUT2D eigenvalue weighted by atomic mass is 9.48. The van der Waals surface area contributed by atoms with Gasteiger partial charge in [0.2, 0.25) is 0 Å². The van der Waals surface area contributed by atoms with Crippen molar-refractivity contribution in [1.82, 2.24) is 5.32 Å². The number of rotatable bonds is 6. The lowest BCUT2D eigenvalue weighted by Gasteiger charge is -2.57. The molecule has 4 nitrogen and oxygen atoms in total. The highest BCUT2D eigenvalue weighted by atomic mass is 19.4. The van der Waals surface area contributed by atoms with Crippen molar-refractivity contribution in [1.29, 1.82) is 0 Å². The summed E-state index contributed by atoms with van der Waals surface area (Å²) in [6.45, 7) is 1.20. The number of phenols is 1. The molecule has 0 spiro atoms. The molecule has 4 bridgehead atoms. The number of phenolic OH excluding ortho intramolecular Hbond substituents is 1. The van der Waals surface area contributed by atoms with Crippen LogP contribution in [-0.4, -0.2) is 17.1 Å². The average molecular weight is 474 g/mol. The van der Waals surface area contributed by atoms with Crippen LogP contribution in [0.15, 0.2) is 42.5 Å². The molecule has 4 fully saturated rings. The largest absolute Gasteiger partial charge is 0.508 e. The molecule has 2 N–H and O–H groups in total. The van der Waals surface area contributed by atoms with Crippen LogP contribution in [0.25, 0.3) is 0 Å². The van der Waals surface area contributed by atoms with Gasteiger partial charge in [0.25, 0.3) is 5.91 Å². The van der Waals surface area contributed by atoms with Crippen molar-refractivity contribution in [2.75, 3.05) is 0 Å². The zero-order valence-corrected chi connectivity index (χ0v) is 19.2. The van der Waals surface area contributed by atoms with Gasteiger partial charge in [-0.15, -0.1) is 0 Å². The van der Waals surface area contributed by atoms with Crippen LogP contribution in [0.2, 0.25) is 0 Å². The Bertz CT molecular complexity index is 1030. The number of alkyl halides is 3. The highest BCUT2D eigenvalue weighted by molar-refractivity contribution is 5.80. The summed E-state index contributed by atoms with van der Waals surface area (Å²) in [7, 11) is 0. The number of benzene rings is 2. The summed E-state index contributed by atoms with van der Waals surface area (Å²) in [5, 5.41) is 12.0. The van der Waals surface area contributed by atoms with Crippen LogP contribution in [0.3, 0.4) is 0 Å². The number of amides is 1. The number of hydrogen-bond donors (Lipinski definition) is 2. The van der Waals surface area contributed by atoms with Gasteiger partial charge in [-0.3, -0.25) is 4.79 Å². The zero-order chi connectivity index (χ0) is 24.1. The Morgan fingerprint density at radius 3 is 2.21 bits per heavy atom. The summed E-state index contributed by atoms with van der Waals surface area (Å²) >= 11 is 0. The van der Waals surface area contributed by atoms with Crippen LogP contribution in [-0.2, 0) is 22.9 Å². The Labute approximate surface area is 197 Å². The van der Waals surface area contributed by atoms with Crippen molar-refractivity contribution < 1.29 is 27.8 Å². The summed E-state index contributed by atoms with van der Waals surface area (Å²) in [5.74, 6) is 2.31. The number of hydrogen-bond acceptors (Lipinski definition) is 3. The number of carbonyl (C=O) groups excluding carboxylic acids is 1. The van der Waals surface area contributed by atoms with Gasteiger partial charge < -0.3 is 15.2 Å². The molecule has 34 heavy (non-hydrogen) atoms. The lowest BCUT2D eigenvalue weighted by molar-refractivity contribution is -0.138. The third kappa shape index (κ3) is 4.49.